The second-order valence-corrected chi connectivity index (χ2v) is 11.5. The smallest absolute Gasteiger partial charge is 0.0755 e. The summed E-state index contributed by atoms with van der Waals surface area (Å²) in [5.74, 6) is 0. The number of halogens is 1. The third-order valence-electron chi connectivity index (χ3n) is 9.08. The van der Waals surface area contributed by atoms with E-state index in [1.165, 1.54) is 66.3 Å². The van der Waals surface area contributed by atoms with E-state index >= 15 is 0 Å². The lowest BCUT2D eigenvalue weighted by Crippen LogP contribution is -2.36. The fourth-order valence-electron chi connectivity index (χ4n) is 7.52. The predicted molar refractivity (Wildman–Crippen MR) is 172 cm³/mol. The van der Waals surface area contributed by atoms with Crippen molar-refractivity contribution in [1.82, 2.24) is 0 Å². The lowest BCUT2D eigenvalue weighted by molar-refractivity contribution is 0.756. The van der Waals surface area contributed by atoms with Gasteiger partial charge in [0.05, 0.1) is 16.8 Å². The Morgan fingerprint density at radius 3 is 1.68 bits per heavy atom. The molecule has 0 amide bonds. The zero-order valence-corrected chi connectivity index (χ0v) is 22.9. The molecule has 41 heavy (non-hydrogen) atoms. The normalized spacial score (nSPS) is 14.1. The van der Waals surface area contributed by atoms with Crippen molar-refractivity contribution < 1.29 is 0 Å². The molecule has 0 fully saturated rings. The zero-order valence-electron chi connectivity index (χ0n) is 22.2. The Kier molecular flexibility index (Phi) is 4.66. The van der Waals surface area contributed by atoms with E-state index in [1.807, 2.05) is 6.07 Å². The summed E-state index contributed by atoms with van der Waals surface area (Å²) in [7, 11) is 0. The van der Waals surface area contributed by atoms with Crippen molar-refractivity contribution in [3.05, 3.63) is 173 Å². The quantitative estimate of drug-likeness (QED) is 0.200. The lowest BCUT2D eigenvalue weighted by Gasteiger charge is -2.46. The summed E-state index contributed by atoms with van der Waals surface area (Å²) in [6.45, 7) is 0. The van der Waals surface area contributed by atoms with E-state index in [-0.39, 0.29) is 0 Å². The van der Waals surface area contributed by atoms with Gasteiger partial charge in [-0.2, -0.15) is 0 Å². The van der Waals surface area contributed by atoms with Crippen LogP contribution < -0.4 is 4.90 Å². The van der Waals surface area contributed by atoms with Gasteiger partial charge in [-0.25, -0.2) is 0 Å². The summed E-state index contributed by atoms with van der Waals surface area (Å²) in [5.41, 5.74) is 10.7. The maximum absolute atomic E-state index is 6.83. The van der Waals surface area contributed by atoms with Crippen LogP contribution in [0.15, 0.2) is 146 Å². The van der Waals surface area contributed by atoms with Crippen LogP contribution in [0.25, 0.3) is 32.7 Å². The molecular formula is C39H24ClN. The van der Waals surface area contributed by atoms with Gasteiger partial charge in [-0.15, -0.1) is 0 Å². The molecular weight excluding hydrogens is 518 g/mol. The first-order chi connectivity index (χ1) is 20.3. The second-order valence-electron chi connectivity index (χ2n) is 11.0. The number of anilines is 3. The zero-order chi connectivity index (χ0) is 27.1. The van der Waals surface area contributed by atoms with Crippen molar-refractivity contribution in [2.24, 2.45) is 0 Å². The molecule has 1 spiro atoms. The van der Waals surface area contributed by atoms with Crippen molar-refractivity contribution in [2.45, 2.75) is 5.41 Å². The number of para-hydroxylation sites is 1. The molecule has 0 atom stereocenters. The topological polar surface area (TPSA) is 3.24 Å². The van der Waals surface area contributed by atoms with Crippen LogP contribution in [0.1, 0.15) is 22.3 Å². The van der Waals surface area contributed by atoms with Crippen molar-refractivity contribution in [2.75, 3.05) is 4.90 Å². The standard InChI is InChI=1S/C39H24ClN/c40-27-20-21-32-31-16-8-9-17-33(31)39(36(32)24-27)34-22-18-25-10-4-6-14-29(25)37(34)41(28-12-2-1-3-13-28)38-30-15-7-5-11-26(30)19-23-35(38)39/h1-24H. The van der Waals surface area contributed by atoms with E-state index in [0.29, 0.717) is 0 Å². The molecule has 7 aromatic rings. The molecule has 0 radical (unpaired) electrons. The van der Waals surface area contributed by atoms with E-state index in [9.17, 15) is 0 Å². The van der Waals surface area contributed by atoms with E-state index in [2.05, 4.69) is 144 Å². The van der Waals surface area contributed by atoms with Crippen molar-refractivity contribution in [3.8, 4) is 11.1 Å². The predicted octanol–water partition coefficient (Wildman–Crippen LogP) is 10.8. The second kappa shape index (κ2) is 8.33. The van der Waals surface area contributed by atoms with Crippen LogP contribution in [0.5, 0.6) is 0 Å². The minimum Gasteiger partial charge on any atom is -0.309 e. The largest absolute Gasteiger partial charge is 0.309 e. The highest BCUT2D eigenvalue weighted by Gasteiger charge is 2.52. The van der Waals surface area contributed by atoms with Gasteiger partial charge in [-0.1, -0.05) is 133 Å². The van der Waals surface area contributed by atoms with Gasteiger partial charge >= 0.3 is 0 Å². The highest BCUT2D eigenvalue weighted by atomic mass is 35.5. The highest BCUT2D eigenvalue weighted by Crippen LogP contribution is 2.65. The van der Waals surface area contributed by atoms with Crippen LogP contribution >= 0.6 is 11.6 Å². The van der Waals surface area contributed by atoms with E-state index in [0.717, 1.165) is 10.7 Å². The Morgan fingerprint density at radius 1 is 0.439 bits per heavy atom. The fraction of sp³-hybridized carbons (Fsp3) is 0.0256. The third kappa shape index (κ3) is 2.91. The molecule has 0 aromatic heterocycles. The molecule has 192 valence electrons. The molecule has 0 unspecified atom stereocenters. The van der Waals surface area contributed by atoms with Crippen LogP contribution in [0.4, 0.5) is 17.1 Å². The molecule has 0 N–H and O–H groups in total. The first kappa shape index (κ1) is 22.9. The Bertz CT molecular complexity index is 2090. The van der Waals surface area contributed by atoms with Crippen molar-refractivity contribution >= 4 is 50.2 Å². The third-order valence-corrected chi connectivity index (χ3v) is 9.31. The first-order valence-electron chi connectivity index (χ1n) is 14.1. The van der Waals surface area contributed by atoms with Crippen molar-refractivity contribution in [3.63, 3.8) is 0 Å². The van der Waals surface area contributed by atoms with Crippen LogP contribution in [-0.4, -0.2) is 0 Å². The molecule has 9 rings (SSSR count). The summed E-state index contributed by atoms with van der Waals surface area (Å²) < 4.78 is 0. The molecule has 1 aliphatic carbocycles. The minimum absolute atomic E-state index is 0.527. The van der Waals surface area contributed by atoms with Crippen LogP contribution in [-0.2, 0) is 5.41 Å². The molecule has 2 aliphatic rings. The van der Waals surface area contributed by atoms with Crippen LogP contribution in [0, 0.1) is 0 Å². The summed E-state index contributed by atoms with van der Waals surface area (Å²) in [4.78, 5) is 2.51. The number of fused-ring (bicyclic) bond motifs is 13. The molecule has 1 aliphatic heterocycles. The number of hydrogen-bond donors (Lipinski definition) is 0. The van der Waals surface area contributed by atoms with Gasteiger partial charge in [0.15, 0.2) is 0 Å². The van der Waals surface area contributed by atoms with Crippen LogP contribution in [0.2, 0.25) is 5.02 Å². The maximum atomic E-state index is 6.83. The van der Waals surface area contributed by atoms with E-state index in [1.54, 1.807) is 0 Å². The Hall–Kier alpha value is -4.85. The SMILES string of the molecule is Clc1ccc2c(c1)C1(c3ccccc3-2)c2ccc3ccccc3c2N(c2ccccc2)c2c1ccc1ccccc21. The number of hydrogen-bond acceptors (Lipinski definition) is 1. The molecule has 2 heteroatoms. The molecule has 1 heterocycles. The van der Waals surface area contributed by atoms with Gasteiger partial charge < -0.3 is 4.90 Å². The van der Waals surface area contributed by atoms with Gasteiger partial charge in [0.25, 0.3) is 0 Å². The van der Waals surface area contributed by atoms with Crippen molar-refractivity contribution in [1.29, 1.82) is 0 Å². The first-order valence-corrected chi connectivity index (χ1v) is 14.4. The summed E-state index contributed by atoms with van der Waals surface area (Å²) in [6, 6.07) is 53.0. The number of nitrogens with zero attached hydrogens (tertiary/aromatic N) is 1. The fourth-order valence-corrected chi connectivity index (χ4v) is 7.69. The maximum Gasteiger partial charge on any atom is 0.0755 e. The minimum atomic E-state index is -0.527. The van der Waals surface area contributed by atoms with Crippen LogP contribution in [0.3, 0.4) is 0 Å². The molecule has 1 nitrogen and oxygen atoms in total. The van der Waals surface area contributed by atoms with Gasteiger partial charge in [0.1, 0.15) is 0 Å². The molecule has 0 saturated heterocycles. The summed E-state index contributed by atoms with van der Waals surface area (Å²) >= 11 is 6.83. The van der Waals surface area contributed by atoms with Gasteiger partial charge in [0.2, 0.25) is 0 Å². The van der Waals surface area contributed by atoms with Gasteiger partial charge in [0, 0.05) is 21.5 Å². The summed E-state index contributed by atoms with van der Waals surface area (Å²) in [6.07, 6.45) is 0. The number of rotatable bonds is 1. The lowest BCUT2D eigenvalue weighted by atomic mass is 9.63. The van der Waals surface area contributed by atoms with Gasteiger partial charge in [-0.05, 0) is 68.4 Å². The molecule has 0 saturated carbocycles. The Morgan fingerprint density at radius 2 is 1.00 bits per heavy atom. The molecule has 0 bridgehead atoms. The highest BCUT2D eigenvalue weighted by molar-refractivity contribution is 6.31. The van der Waals surface area contributed by atoms with E-state index in [4.69, 9.17) is 11.6 Å². The average molecular weight is 542 g/mol. The summed E-state index contributed by atoms with van der Waals surface area (Å²) in [5, 5.41) is 5.68. The average Bonchev–Trinajstić information content (AvgIpc) is 3.31. The van der Waals surface area contributed by atoms with Gasteiger partial charge in [-0.3, -0.25) is 0 Å². The number of benzene rings is 7. The Balaban J connectivity index is 1.57. The monoisotopic (exact) mass is 541 g/mol. The Labute approximate surface area is 243 Å². The van der Waals surface area contributed by atoms with E-state index < -0.39 is 5.41 Å². The molecule has 7 aromatic carbocycles.